The molecule has 2 aliphatic heterocycles. The van der Waals surface area contributed by atoms with E-state index in [-0.39, 0.29) is 10.6 Å². The van der Waals surface area contributed by atoms with E-state index in [1.165, 1.54) is 18.2 Å². The maximum Gasteiger partial charge on any atom is 0.204 e. The fourth-order valence-electron chi connectivity index (χ4n) is 2.40. The van der Waals surface area contributed by atoms with Crippen LogP contribution >= 0.6 is 0 Å². The summed E-state index contributed by atoms with van der Waals surface area (Å²) in [6.07, 6.45) is 1.65. The molecular weight excluding hydrogens is 266 g/mol. The molecule has 0 radical (unpaired) electrons. The van der Waals surface area contributed by atoms with Gasteiger partial charge < -0.3 is 9.84 Å². The number of rotatable bonds is 2. The van der Waals surface area contributed by atoms with Gasteiger partial charge in [0.25, 0.3) is 0 Å². The van der Waals surface area contributed by atoms with Crippen molar-refractivity contribution in [1.82, 2.24) is 4.90 Å². The number of sulfone groups is 1. The molecule has 1 N–H and O–H groups in total. The maximum atomic E-state index is 12.4. The van der Waals surface area contributed by atoms with Gasteiger partial charge in [-0.05, 0) is 29.8 Å². The lowest BCUT2D eigenvalue weighted by Crippen LogP contribution is -2.38. The lowest BCUT2D eigenvalue weighted by Gasteiger charge is -2.26. The first-order valence-corrected chi connectivity index (χ1v) is 7.64. The molecule has 2 aliphatic rings. The van der Waals surface area contributed by atoms with Gasteiger partial charge in [0, 0.05) is 19.6 Å². The van der Waals surface area contributed by atoms with E-state index in [0.717, 1.165) is 13.1 Å². The number of hydrogen-bond donors (Lipinski definition) is 1. The molecule has 2 heterocycles. The molecule has 0 saturated carbocycles. The predicted molar refractivity (Wildman–Crippen MR) is 70.5 cm³/mol. The van der Waals surface area contributed by atoms with E-state index in [9.17, 15) is 13.5 Å². The topological polar surface area (TPSA) is 66.8 Å². The number of fused-ring (bicyclic) bond motifs is 1. The third kappa shape index (κ3) is 2.27. The lowest BCUT2D eigenvalue weighted by atomic mass is 10.2. The molecule has 1 aromatic carbocycles. The van der Waals surface area contributed by atoms with Gasteiger partial charge in [-0.3, -0.25) is 4.90 Å². The summed E-state index contributed by atoms with van der Waals surface area (Å²) in [7, 11) is -3.40. The number of phenolic OH excluding ortho intramolecular Hbond substituents is 1. The van der Waals surface area contributed by atoms with Crippen LogP contribution in [-0.2, 0) is 14.6 Å². The number of benzene rings is 1. The quantitative estimate of drug-likeness (QED) is 0.870. The van der Waals surface area contributed by atoms with Crippen LogP contribution in [0.5, 0.6) is 5.75 Å². The molecule has 0 spiro atoms. The Balaban J connectivity index is 1.89. The second-order valence-corrected chi connectivity index (χ2v) is 6.70. The third-order valence-electron chi connectivity index (χ3n) is 3.43. The molecule has 19 heavy (non-hydrogen) atoms. The molecule has 1 aromatic rings. The van der Waals surface area contributed by atoms with Gasteiger partial charge in [0.05, 0.1) is 23.0 Å². The molecule has 0 amide bonds. The molecule has 0 bridgehead atoms. The first-order chi connectivity index (χ1) is 9.07. The molecule has 0 aromatic heterocycles. The van der Waals surface area contributed by atoms with Crippen LogP contribution in [-0.4, -0.2) is 51.3 Å². The van der Waals surface area contributed by atoms with Crippen LogP contribution in [0.4, 0.5) is 0 Å². The standard InChI is InChI=1S/C13H15NO4S/c15-11-1-2-13-10(7-11)8-12(19(13,16)17)9-14-3-5-18-6-4-14/h1-2,7-8,15H,3-6,9H2. The molecule has 0 atom stereocenters. The molecule has 1 saturated heterocycles. The summed E-state index contributed by atoms with van der Waals surface area (Å²) in [6, 6.07) is 4.35. The minimum Gasteiger partial charge on any atom is -0.508 e. The van der Waals surface area contributed by atoms with Gasteiger partial charge in [0.2, 0.25) is 9.84 Å². The van der Waals surface area contributed by atoms with Gasteiger partial charge in [-0.1, -0.05) is 0 Å². The Morgan fingerprint density at radius 1 is 1.26 bits per heavy atom. The monoisotopic (exact) mass is 281 g/mol. The zero-order valence-corrected chi connectivity index (χ0v) is 11.2. The average Bonchev–Trinajstić information content (AvgIpc) is 2.62. The van der Waals surface area contributed by atoms with Gasteiger partial charge >= 0.3 is 0 Å². The summed E-state index contributed by atoms with van der Waals surface area (Å²) in [5.74, 6) is 0.0813. The highest BCUT2D eigenvalue weighted by molar-refractivity contribution is 7.95. The minimum absolute atomic E-state index is 0.0813. The Bertz CT molecular complexity index is 630. The molecule has 1 fully saturated rings. The minimum atomic E-state index is -3.40. The van der Waals surface area contributed by atoms with E-state index >= 15 is 0 Å². The molecule has 0 aliphatic carbocycles. The second-order valence-electron chi connectivity index (χ2n) is 4.72. The Morgan fingerprint density at radius 2 is 2.00 bits per heavy atom. The lowest BCUT2D eigenvalue weighted by molar-refractivity contribution is 0.0430. The van der Waals surface area contributed by atoms with Crippen LogP contribution < -0.4 is 0 Å². The smallest absolute Gasteiger partial charge is 0.204 e. The van der Waals surface area contributed by atoms with Gasteiger partial charge in [-0.25, -0.2) is 8.42 Å². The number of hydrogen-bond acceptors (Lipinski definition) is 5. The van der Waals surface area contributed by atoms with Gasteiger partial charge in [0.15, 0.2) is 0 Å². The van der Waals surface area contributed by atoms with E-state index in [2.05, 4.69) is 4.90 Å². The Labute approximate surface area is 112 Å². The van der Waals surface area contributed by atoms with E-state index < -0.39 is 9.84 Å². The summed E-state index contributed by atoms with van der Waals surface area (Å²) < 4.78 is 30.0. The maximum absolute atomic E-state index is 12.4. The largest absolute Gasteiger partial charge is 0.508 e. The van der Waals surface area contributed by atoms with E-state index in [0.29, 0.717) is 30.2 Å². The van der Waals surface area contributed by atoms with E-state index in [1.807, 2.05) is 0 Å². The van der Waals surface area contributed by atoms with Crippen LogP contribution in [0.1, 0.15) is 5.56 Å². The summed E-state index contributed by atoms with van der Waals surface area (Å²) in [4.78, 5) is 2.75. The zero-order chi connectivity index (χ0) is 13.5. The summed E-state index contributed by atoms with van der Waals surface area (Å²) in [5, 5.41) is 9.42. The van der Waals surface area contributed by atoms with Crippen molar-refractivity contribution < 1.29 is 18.3 Å². The number of morpholine rings is 1. The fraction of sp³-hybridized carbons (Fsp3) is 0.385. The highest BCUT2D eigenvalue weighted by atomic mass is 32.2. The zero-order valence-electron chi connectivity index (χ0n) is 10.4. The molecule has 0 unspecified atom stereocenters. The van der Waals surface area contributed by atoms with Crippen molar-refractivity contribution in [3.8, 4) is 5.75 Å². The van der Waals surface area contributed by atoms with Crippen molar-refractivity contribution in [3.05, 3.63) is 28.7 Å². The van der Waals surface area contributed by atoms with Crippen LogP contribution in [0.3, 0.4) is 0 Å². The summed E-state index contributed by atoms with van der Waals surface area (Å²) >= 11 is 0. The number of aromatic hydroxyl groups is 1. The van der Waals surface area contributed by atoms with Crippen molar-refractivity contribution in [1.29, 1.82) is 0 Å². The molecule has 6 heteroatoms. The highest BCUT2D eigenvalue weighted by Gasteiger charge is 2.31. The number of ether oxygens (including phenoxy) is 1. The third-order valence-corrected chi connectivity index (χ3v) is 5.32. The fourth-order valence-corrected chi connectivity index (χ4v) is 3.99. The van der Waals surface area contributed by atoms with Crippen molar-refractivity contribution >= 4 is 15.9 Å². The van der Waals surface area contributed by atoms with Gasteiger partial charge in [-0.2, -0.15) is 0 Å². The summed E-state index contributed by atoms with van der Waals surface area (Å²) in [6.45, 7) is 3.17. The van der Waals surface area contributed by atoms with E-state index in [4.69, 9.17) is 4.74 Å². The molecular formula is C13H15NO4S. The van der Waals surface area contributed by atoms with E-state index in [1.54, 1.807) is 6.08 Å². The SMILES string of the molecule is O=S1(=O)C(CN2CCOCC2)=Cc2cc(O)ccc21. The predicted octanol–water partition coefficient (Wildman–Crippen LogP) is 0.853. The molecule has 3 rings (SSSR count). The Hall–Kier alpha value is -1.37. The van der Waals surface area contributed by atoms with Crippen LogP contribution in [0, 0.1) is 0 Å². The first-order valence-electron chi connectivity index (χ1n) is 6.16. The van der Waals surface area contributed by atoms with Gasteiger partial charge in [-0.15, -0.1) is 0 Å². The molecule has 5 nitrogen and oxygen atoms in total. The second kappa shape index (κ2) is 4.63. The van der Waals surface area contributed by atoms with Gasteiger partial charge in [0.1, 0.15) is 5.75 Å². The van der Waals surface area contributed by atoms with Crippen molar-refractivity contribution in [2.24, 2.45) is 0 Å². The molecule has 102 valence electrons. The van der Waals surface area contributed by atoms with Crippen LogP contribution in [0.15, 0.2) is 28.0 Å². The van der Waals surface area contributed by atoms with Crippen LogP contribution in [0.2, 0.25) is 0 Å². The van der Waals surface area contributed by atoms with Crippen molar-refractivity contribution in [2.75, 3.05) is 32.8 Å². The first kappa shape index (κ1) is 12.7. The Kier molecular flexibility index (Phi) is 3.08. The number of phenols is 1. The van der Waals surface area contributed by atoms with Crippen LogP contribution in [0.25, 0.3) is 6.08 Å². The number of nitrogens with zero attached hydrogens (tertiary/aromatic N) is 1. The normalized spacial score (nSPS) is 22.0. The highest BCUT2D eigenvalue weighted by Crippen LogP contribution is 2.35. The van der Waals surface area contributed by atoms with Crippen molar-refractivity contribution in [3.63, 3.8) is 0 Å². The average molecular weight is 281 g/mol. The van der Waals surface area contributed by atoms with Crippen molar-refractivity contribution in [2.45, 2.75) is 4.90 Å². The summed E-state index contributed by atoms with van der Waals surface area (Å²) in [5.41, 5.74) is 0.572. The Morgan fingerprint density at radius 3 is 2.74 bits per heavy atom.